The summed E-state index contributed by atoms with van der Waals surface area (Å²) < 4.78 is 5.21. The highest BCUT2D eigenvalue weighted by molar-refractivity contribution is 6.30. The molecule has 0 aliphatic rings. The number of hydrogen-bond donors (Lipinski definition) is 1. The van der Waals surface area contributed by atoms with Gasteiger partial charge in [-0.2, -0.15) is 0 Å². The van der Waals surface area contributed by atoms with Crippen molar-refractivity contribution in [1.29, 1.82) is 0 Å². The molecule has 0 aliphatic heterocycles. The van der Waals surface area contributed by atoms with Gasteiger partial charge in [-0.1, -0.05) is 42.8 Å². The number of nitrogens with one attached hydrogen (secondary N) is 1. The second-order valence-electron chi connectivity index (χ2n) is 5.11. The summed E-state index contributed by atoms with van der Waals surface area (Å²) in [5.41, 5.74) is 2.56. The maximum atomic E-state index is 5.98. The molecule has 0 aliphatic carbocycles. The van der Waals surface area contributed by atoms with Crippen LogP contribution in [0.25, 0.3) is 0 Å². The van der Waals surface area contributed by atoms with Gasteiger partial charge in [0, 0.05) is 11.1 Å². The first-order chi connectivity index (χ1) is 10.2. The summed E-state index contributed by atoms with van der Waals surface area (Å²) >= 11 is 5.98. The Labute approximate surface area is 132 Å². The number of rotatable bonds is 7. The van der Waals surface area contributed by atoms with Gasteiger partial charge in [0.15, 0.2) is 0 Å². The molecular formula is C18H22ClNO. The summed E-state index contributed by atoms with van der Waals surface area (Å²) in [5.74, 6) is 0.892. The fraction of sp³-hybridized carbons (Fsp3) is 0.333. The summed E-state index contributed by atoms with van der Waals surface area (Å²) in [5, 5.41) is 4.38. The van der Waals surface area contributed by atoms with Crippen molar-refractivity contribution >= 4 is 11.6 Å². The normalized spacial score (nSPS) is 12.1. The lowest BCUT2D eigenvalue weighted by Gasteiger charge is -2.19. The van der Waals surface area contributed by atoms with Gasteiger partial charge in [-0.15, -0.1) is 0 Å². The van der Waals surface area contributed by atoms with E-state index in [9.17, 15) is 0 Å². The monoisotopic (exact) mass is 303 g/mol. The summed E-state index contributed by atoms with van der Waals surface area (Å²) in [6.45, 7) is 3.18. The van der Waals surface area contributed by atoms with Crippen LogP contribution in [0.4, 0.5) is 0 Å². The largest absolute Gasteiger partial charge is 0.497 e. The van der Waals surface area contributed by atoms with E-state index in [0.717, 1.165) is 30.2 Å². The van der Waals surface area contributed by atoms with Crippen molar-refractivity contribution in [3.05, 3.63) is 64.7 Å². The van der Waals surface area contributed by atoms with E-state index in [4.69, 9.17) is 16.3 Å². The van der Waals surface area contributed by atoms with Gasteiger partial charge in [-0.3, -0.25) is 0 Å². The van der Waals surface area contributed by atoms with Gasteiger partial charge in [0.05, 0.1) is 7.11 Å². The molecule has 0 radical (unpaired) electrons. The highest BCUT2D eigenvalue weighted by Crippen LogP contribution is 2.22. The van der Waals surface area contributed by atoms with E-state index < -0.39 is 0 Å². The Morgan fingerprint density at radius 1 is 1.05 bits per heavy atom. The van der Waals surface area contributed by atoms with Crippen molar-refractivity contribution < 1.29 is 4.74 Å². The molecular weight excluding hydrogens is 282 g/mol. The van der Waals surface area contributed by atoms with Gasteiger partial charge < -0.3 is 10.1 Å². The van der Waals surface area contributed by atoms with Crippen LogP contribution in [0.1, 0.15) is 30.5 Å². The van der Waals surface area contributed by atoms with Crippen LogP contribution in [0.5, 0.6) is 5.75 Å². The molecule has 2 nitrogen and oxygen atoms in total. The molecule has 1 N–H and O–H groups in total. The topological polar surface area (TPSA) is 21.3 Å². The number of halogens is 1. The van der Waals surface area contributed by atoms with Gasteiger partial charge in [0.1, 0.15) is 5.75 Å². The van der Waals surface area contributed by atoms with Crippen LogP contribution >= 0.6 is 11.6 Å². The lowest BCUT2D eigenvalue weighted by atomic mass is 9.98. The molecule has 0 bridgehead atoms. The van der Waals surface area contributed by atoms with Crippen LogP contribution < -0.4 is 10.1 Å². The molecule has 21 heavy (non-hydrogen) atoms. The van der Waals surface area contributed by atoms with Gasteiger partial charge in [-0.05, 0) is 54.8 Å². The maximum Gasteiger partial charge on any atom is 0.118 e. The highest BCUT2D eigenvalue weighted by atomic mass is 35.5. The van der Waals surface area contributed by atoms with Crippen molar-refractivity contribution in [3.63, 3.8) is 0 Å². The van der Waals surface area contributed by atoms with E-state index in [1.165, 1.54) is 11.1 Å². The third kappa shape index (κ3) is 4.76. The molecule has 1 atom stereocenters. The molecule has 0 fully saturated rings. The molecule has 2 rings (SSSR count). The molecule has 0 saturated carbocycles. The molecule has 0 aromatic heterocycles. The fourth-order valence-corrected chi connectivity index (χ4v) is 2.44. The van der Waals surface area contributed by atoms with Gasteiger partial charge in [-0.25, -0.2) is 0 Å². The molecule has 2 aromatic rings. The lowest BCUT2D eigenvalue weighted by molar-refractivity contribution is 0.414. The molecule has 3 heteroatoms. The molecule has 112 valence electrons. The number of hydrogen-bond acceptors (Lipinski definition) is 2. The van der Waals surface area contributed by atoms with E-state index in [1.54, 1.807) is 7.11 Å². The zero-order valence-electron chi connectivity index (χ0n) is 12.6. The molecule has 1 unspecified atom stereocenters. The average Bonchev–Trinajstić information content (AvgIpc) is 2.53. The molecule has 0 heterocycles. The Bertz CT molecular complexity index is 536. The summed E-state index contributed by atoms with van der Waals surface area (Å²) in [4.78, 5) is 0. The van der Waals surface area contributed by atoms with Crippen LogP contribution in [-0.2, 0) is 6.42 Å². The second-order valence-corrected chi connectivity index (χ2v) is 5.55. The Morgan fingerprint density at radius 3 is 2.29 bits per heavy atom. The Hall–Kier alpha value is -1.51. The smallest absolute Gasteiger partial charge is 0.118 e. The molecule has 2 aromatic carbocycles. The predicted octanol–water partition coefficient (Wildman–Crippen LogP) is 4.63. The van der Waals surface area contributed by atoms with Crippen molar-refractivity contribution in [2.75, 3.05) is 13.7 Å². The zero-order chi connectivity index (χ0) is 15.1. The van der Waals surface area contributed by atoms with E-state index in [-0.39, 0.29) is 0 Å². The number of benzene rings is 2. The molecule has 0 amide bonds. The average molecular weight is 304 g/mol. The van der Waals surface area contributed by atoms with E-state index >= 15 is 0 Å². The van der Waals surface area contributed by atoms with Gasteiger partial charge in [0.2, 0.25) is 0 Å². The van der Waals surface area contributed by atoms with Crippen molar-refractivity contribution in [2.45, 2.75) is 25.8 Å². The van der Waals surface area contributed by atoms with Gasteiger partial charge in [0.25, 0.3) is 0 Å². The quantitative estimate of drug-likeness (QED) is 0.805. The summed E-state index contributed by atoms with van der Waals surface area (Å²) in [6.07, 6.45) is 2.07. The minimum absolute atomic E-state index is 0.301. The lowest BCUT2D eigenvalue weighted by Crippen LogP contribution is -2.24. The minimum Gasteiger partial charge on any atom is -0.497 e. The molecule has 0 spiro atoms. The number of methoxy groups -OCH3 is 1. The fourth-order valence-electron chi connectivity index (χ4n) is 2.32. The van der Waals surface area contributed by atoms with Crippen LogP contribution in [0.15, 0.2) is 48.5 Å². The Morgan fingerprint density at radius 2 is 1.71 bits per heavy atom. The minimum atomic E-state index is 0.301. The summed E-state index contributed by atoms with van der Waals surface area (Å²) in [7, 11) is 1.69. The zero-order valence-corrected chi connectivity index (χ0v) is 13.4. The molecule has 0 saturated heterocycles. The highest BCUT2D eigenvalue weighted by Gasteiger charge is 2.11. The third-order valence-corrected chi connectivity index (χ3v) is 3.76. The Kier molecular flexibility index (Phi) is 6.09. The first kappa shape index (κ1) is 15.9. The van der Waals surface area contributed by atoms with E-state index in [2.05, 4.69) is 36.5 Å². The standard InChI is InChI=1S/C18H22ClNO/c1-3-12-20-18(15-6-8-16(19)9-7-15)13-14-4-10-17(21-2)11-5-14/h4-11,18,20H,3,12-13H2,1-2H3. The van der Waals surface area contributed by atoms with Gasteiger partial charge >= 0.3 is 0 Å². The van der Waals surface area contributed by atoms with Crippen LogP contribution in [-0.4, -0.2) is 13.7 Å². The van der Waals surface area contributed by atoms with E-state index in [0.29, 0.717) is 6.04 Å². The van der Waals surface area contributed by atoms with E-state index in [1.807, 2.05) is 24.3 Å². The second kappa shape index (κ2) is 8.06. The Balaban J connectivity index is 2.13. The van der Waals surface area contributed by atoms with Crippen molar-refractivity contribution in [3.8, 4) is 5.75 Å². The number of ether oxygens (including phenoxy) is 1. The summed E-state index contributed by atoms with van der Waals surface area (Å²) in [6, 6.07) is 16.7. The van der Waals surface area contributed by atoms with Crippen LogP contribution in [0, 0.1) is 0 Å². The maximum absolute atomic E-state index is 5.98. The SMILES string of the molecule is CCCNC(Cc1ccc(OC)cc1)c1ccc(Cl)cc1. The third-order valence-electron chi connectivity index (χ3n) is 3.51. The van der Waals surface area contributed by atoms with Crippen molar-refractivity contribution in [1.82, 2.24) is 5.32 Å². The van der Waals surface area contributed by atoms with Crippen LogP contribution in [0.2, 0.25) is 5.02 Å². The first-order valence-electron chi connectivity index (χ1n) is 7.34. The first-order valence-corrected chi connectivity index (χ1v) is 7.72. The van der Waals surface area contributed by atoms with Crippen molar-refractivity contribution in [2.24, 2.45) is 0 Å². The van der Waals surface area contributed by atoms with Crippen LogP contribution in [0.3, 0.4) is 0 Å². The predicted molar refractivity (Wildman–Crippen MR) is 89.2 cm³/mol.